The van der Waals surface area contributed by atoms with Crippen LogP contribution in [0.3, 0.4) is 0 Å². The van der Waals surface area contributed by atoms with Crippen molar-refractivity contribution in [3.05, 3.63) is 134 Å². The Hall–Kier alpha value is -4.79. The summed E-state index contributed by atoms with van der Waals surface area (Å²) in [6.07, 6.45) is 1.78. The number of imidazole rings is 1. The molecule has 0 saturated heterocycles. The van der Waals surface area contributed by atoms with E-state index in [4.69, 9.17) is 9.97 Å². The van der Waals surface area contributed by atoms with Gasteiger partial charge in [0, 0.05) is 38.3 Å². The van der Waals surface area contributed by atoms with Crippen LogP contribution in [0.2, 0.25) is 0 Å². The third-order valence-corrected chi connectivity index (χ3v) is 10.7. The van der Waals surface area contributed by atoms with Crippen LogP contribution in [0.4, 0.5) is 0 Å². The predicted octanol–water partition coefficient (Wildman–Crippen LogP) is 6.98. The maximum Gasteiger partial charge on any atom is 0.172 e. The topological polar surface area (TPSA) is 47.3 Å². The number of para-hydroxylation sites is 4. The van der Waals surface area contributed by atoms with Gasteiger partial charge in [-0.25, -0.2) is 4.98 Å². The average Bonchev–Trinajstić information content (AvgIpc) is 3.41. The molecule has 8 aromatic rings. The lowest BCUT2D eigenvalue weighted by molar-refractivity contribution is 0.592. The van der Waals surface area contributed by atoms with Gasteiger partial charge < -0.3 is 4.57 Å². The van der Waals surface area contributed by atoms with Crippen molar-refractivity contribution in [3.63, 3.8) is 0 Å². The van der Waals surface area contributed by atoms with Crippen LogP contribution in [-0.2, 0) is 4.57 Å². The maximum absolute atomic E-state index is 15.4. The first-order valence-electron chi connectivity index (χ1n) is 13.0. The molecule has 0 bridgehead atoms. The van der Waals surface area contributed by atoms with E-state index < -0.39 is 7.14 Å². The average molecular weight is 520 g/mol. The largest absolute Gasteiger partial charge is 0.309 e. The molecule has 0 N–H and O–H groups in total. The van der Waals surface area contributed by atoms with Gasteiger partial charge in [-0.1, -0.05) is 84.9 Å². The molecule has 3 heterocycles. The van der Waals surface area contributed by atoms with Crippen molar-refractivity contribution >= 4 is 72.3 Å². The van der Waals surface area contributed by atoms with Gasteiger partial charge in [0.2, 0.25) is 0 Å². The number of aromatic nitrogens is 3. The van der Waals surface area contributed by atoms with Crippen molar-refractivity contribution in [3.8, 4) is 0 Å². The summed E-state index contributed by atoms with van der Waals surface area (Å²) in [5.74, 6) is 0. The fraction of sp³-hybridized carbons (Fsp3) is 0. The molecule has 184 valence electrons. The molecule has 0 saturated carbocycles. The van der Waals surface area contributed by atoms with Gasteiger partial charge in [-0.15, -0.1) is 0 Å². The van der Waals surface area contributed by atoms with Crippen molar-refractivity contribution < 1.29 is 4.57 Å². The summed E-state index contributed by atoms with van der Waals surface area (Å²) in [6.45, 7) is 0. The predicted molar refractivity (Wildman–Crippen MR) is 162 cm³/mol. The first kappa shape index (κ1) is 22.2. The molecule has 1 atom stereocenters. The third kappa shape index (κ3) is 3.22. The van der Waals surface area contributed by atoms with E-state index in [0.717, 1.165) is 65.2 Å². The molecule has 0 fully saturated rings. The van der Waals surface area contributed by atoms with Crippen LogP contribution in [0.1, 0.15) is 0 Å². The second-order valence-corrected chi connectivity index (χ2v) is 12.6. The fourth-order valence-corrected chi connectivity index (χ4v) is 8.43. The molecule has 3 aromatic heterocycles. The first-order chi connectivity index (χ1) is 19.2. The highest BCUT2D eigenvalue weighted by Gasteiger charge is 2.31. The zero-order valence-electron chi connectivity index (χ0n) is 20.9. The fourth-order valence-electron chi connectivity index (χ4n) is 5.81. The summed E-state index contributed by atoms with van der Waals surface area (Å²) in [5.41, 5.74) is 4.90. The standard InChI is InChI=1S/C34H22N3OP/c38-39(24-11-2-1-3-12-24,26-20-23-10-4-6-14-30(23)35-22-26)25-18-19-28-29(21-25)27-13-5-8-16-32(27)37-33-17-9-7-15-31(33)36-34(28)37/h1-22H. The van der Waals surface area contributed by atoms with E-state index >= 15 is 4.57 Å². The Morgan fingerprint density at radius 3 is 2.13 bits per heavy atom. The molecule has 0 radical (unpaired) electrons. The number of hydrogen-bond donors (Lipinski definition) is 0. The summed E-state index contributed by atoms with van der Waals surface area (Å²) in [4.78, 5) is 9.71. The van der Waals surface area contributed by atoms with Crippen LogP contribution in [0.15, 0.2) is 134 Å². The van der Waals surface area contributed by atoms with Gasteiger partial charge in [-0.2, -0.15) is 0 Å². The van der Waals surface area contributed by atoms with Crippen LogP contribution in [0.5, 0.6) is 0 Å². The number of benzene rings is 5. The SMILES string of the molecule is O=P(c1ccccc1)(c1cnc2ccccc2c1)c1ccc2c(c1)c1ccccc1n1c3ccccc3nc21. The Morgan fingerprint density at radius 1 is 0.538 bits per heavy atom. The van der Waals surface area contributed by atoms with Crippen LogP contribution in [0, 0.1) is 0 Å². The lowest BCUT2D eigenvalue weighted by atomic mass is 10.1. The Labute approximate surface area is 224 Å². The van der Waals surface area contributed by atoms with Gasteiger partial charge in [0.25, 0.3) is 0 Å². The second-order valence-electron chi connectivity index (χ2n) is 9.84. The normalized spacial score (nSPS) is 13.4. The Kier molecular flexibility index (Phi) is 4.76. The number of hydrogen-bond acceptors (Lipinski definition) is 3. The molecule has 1 unspecified atom stereocenters. The summed E-state index contributed by atoms with van der Waals surface area (Å²) >= 11 is 0. The minimum atomic E-state index is -3.24. The van der Waals surface area contributed by atoms with E-state index in [-0.39, 0.29) is 0 Å². The quantitative estimate of drug-likeness (QED) is 0.187. The maximum atomic E-state index is 15.4. The Bertz CT molecular complexity index is 2270. The Balaban J connectivity index is 1.48. The van der Waals surface area contributed by atoms with Gasteiger partial charge in [-0.3, -0.25) is 9.38 Å². The molecule has 5 heteroatoms. The summed E-state index contributed by atoms with van der Waals surface area (Å²) in [5, 5.41) is 6.44. The Morgan fingerprint density at radius 2 is 1.26 bits per heavy atom. The van der Waals surface area contributed by atoms with Crippen molar-refractivity contribution in [1.82, 2.24) is 14.4 Å². The van der Waals surface area contributed by atoms with E-state index in [0.29, 0.717) is 0 Å². The third-order valence-electron chi connectivity index (χ3n) is 7.66. The molecule has 39 heavy (non-hydrogen) atoms. The first-order valence-corrected chi connectivity index (χ1v) is 14.7. The van der Waals surface area contributed by atoms with E-state index in [9.17, 15) is 0 Å². The monoisotopic (exact) mass is 519 g/mol. The smallest absolute Gasteiger partial charge is 0.172 e. The van der Waals surface area contributed by atoms with Crippen LogP contribution < -0.4 is 15.9 Å². The van der Waals surface area contributed by atoms with E-state index in [1.165, 1.54) is 0 Å². The summed E-state index contributed by atoms with van der Waals surface area (Å²) in [7, 11) is -3.24. The summed E-state index contributed by atoms with van der Waals surface area (Å²) in [6, 6.07) is 42.6. The molecule has 0 aliphatic carbocycles. The molecule has 5 aromatic carbocycles. The zero-order chi connectivity index (χ0) is 26.0. The van der Waals surface area contributed by atoms with Crippen molar-refractivity contribution in [2.75, 3.05) is 0 Å². The molecule has 0 aliphatic heterocycles. The van der Waals surface area contributed by atoms with Crippen molar-refractivity contribution in [1.29, 1.82) is 0 Å². The van der Waals surface area contributed by atoms with Crippen molar-refractivity contribution in [2.45, 2.75) is 0 Å². The molecule has 0 aliphatic rings. The van der Waals surface area contributed by atoms with Gasteiger partial charge in [0.05, 0.1) is 22.1 Å². The number of fused-ring (bicyclic) bond motifs is 9. The number of pyridine rings is 2. The number of nitrogens with zero attached hydrogens (tertiary/aromatic N) is 3. The van der Waals surface area contributed by atoms with Crippen LogP contribution in [-0.4, -0.2) is 14.4 Å². The second kappa shape index (κ2) is 8.36. The van der Waals surface area contributed by atoms with E-state index in [1.807, 2.05) is 84.9 Å². The lowest BCUT2D eigenvalue weighted by Gasteiger charge is -2.21. The molecular formula is C34H22N3OP. The molecular weight excluding hydrogens is 497 g/mol. The van der Waals surface area contributed by atoms with Crippen LogP contribution in [0.25, 0.3) is 49.3 Å². The van der Waals surface area contributed by atoms with Gasteiger partial charge >= 0.3 is 0 Å². The zero-order valence-corrected chi connectivity index (χ0v) is 21.8. The van der Waals surface area contributed by atoms with Crippen LogP contribution >= 0.6 is 7.14 Å². The molecule has 0 amide bonds. The van der Waals surface area contributed by atoms with Gasteiger partial charge in [0.1, 0.15) is 5.65 Å². The van der Waals surface area contributed by atoms with Gasteiger partial charge in [0.15, 0.2) is 7.14 Å². The van der Waals surface area contributed by atoms with Gasteiger partial charge in [-0.05, 0) is 47.9 Å². The summed E-state index contributed by atoms with van der Waals surface area (Å²) < 4.78 is 17.6. The van der Waals surface area contributed by atoms with Crippen molar-refractivity contribution in [2.24, 2.45) is 0 Å². The van der Waals surface area contributed by atoms with E-state index in [1.54, 1.807) is 6.20 Å². The highest BCUT2D eigenvalue weighted by atomic mass is 31.2. The molecule has 0 spiro atoms. The van der Waals surface area contributed by atoms with E-state index in [2.05, 4.69) is 46.9 Å². The molecule has 8 rings (SSSR count). The molecule has 4 nitrogen and oxygen atoms in total. The number of rotatable bonds is 3. The lowest BCUT2D eigenvalue weighted by Crippen LogP contribution is -2.25. The minimum Gasteiger partial charge on any atom is -0.309 e. The highest BCUT2D eigenvalue weighted by Crippen LogP contribution is 2.44. The minimum absolute atomic E-state index is 0.726. The highest BCUT2D eigenvalue weighted by molar-refractivity contribution is 7.85.